The van der Waals surface area contributed by atoms with Gasteiger partial charge < -0.3 is 10.6 Å². The maximum Gasteiger partial charge on any atom is 0.270 e. The van der Waals surface area contributed by atoms with E-state index in [1.807, 2.05) is 0 Å². The van der Waals surface area contributed by atoms with Crippen molar-refractivity contribution < 1.29 is 19.3 Å². The molecule has 3 aromatic rings. The second-order valence-electron chi connectivity index (χ2n) is 7.26. The summed E-state index contributed by atoms with van der Waals surface area (Å²) < 4.78 is 0.845. The largest absolute Gasteiger partial charge is 0.326 e. The third kappa shape index (κ3) is 4.75. The van der Waals surface area contributed by atoms with Gasteiger partial charge in [0.15, 0.2) is 0 Å². The highest BCUT2D eigenvalue weighted by atomic mass is 79.9. The number of hydrogen-bond acceptors (Lipinski definition) is 5. The SMILES string of the molecule is O=C(C[C@@H]1C(=O)Nc2ccccc2N1C(=O)c1cccc([N+](=O)[O-])c1)Nc1ccc(Br)cc1. The first kappa shape index (κ1) is 22.2. The molecule has 2 N–H and O–H groups in total. The van der Waals surface area contributed by atoms with Gasteiger partial charge in [0, 0.05) is 27.9 Å². The van der Waals surface area contributed by atoms with Crippen LogP contribution in [0.1, 0.15) is 16.8 Å². The number of amides is 3. The van der Waals surface area contributed by atoms with Gasteiger partial charge in [-0.25, -0.2) is 0 Å². The molecule has 166 valence electrons. The van der Waals surface area contributed by atoms with Crippen molar-refractivity contribution in [1.29, 1.82) is 0 Å². The van der Waals surface area contributed by atoms with Gasteiger partial charge in [-0.2, -0.15) is 0 Å². The van der Waals surface area contributed by atoms with E-state index in [1.54, 1.807) is 48.5 Å². The average Bonchev–Trinajstić information content (AvgIpc) is 2.80. The summed E-state index contributed by atoms with van der Waals surface area (Å²) in [5.41, 5.74) is 1.13. The predicted octanol–water partition coefficient (Wildman–Crippen LogP) is 4.35. The van der Waals surface area contributed by atoms with Crippen LogP contribution < -0.4 is 15.5 Å². The summed E-state index contributed by atoms with van der Waals surface area (Å²) in [7, 11) is 0. The van der Waals surface area contributed by atoms with Gasteiger partial charge in [-0.15, -0.1) is 0 Å². The Hall–Kier alpha value is -4.05. The number of non-ortho nitro benzene ring substituents is 1. The van der Waals surface area contributed by atoms with E-state index in [2.05, 4.69) is 26.6 Å². The molecule has 10 heteroatoms. The van der Waals surface area contributed by atoms with Crippen molar-refractivity contribution in [2.45, 2.75) is 12.5 Å². The Morgan fingerprint density at radius 1 is 1.06 bits per heavy atom. The molecule has 3 amide bonds. The lowest BCUT2D eigenvalue weighted by atomic mass is 10.0. The quantitative estimate of drug-likeness (QED) is 0.391. The van der Waals surface area contributed by atoms with Crippen LogP contribution in [-0.4, -0.2) is 28.7 Å². The van der Waals surface area contributed by atoms with E-state index in [0.29, 0.717) is 17.1 Å². The molecule has 1 aliphatic rings. The fourth-order valence-corrected chi connectivity index (χ4v) is 3.80. The Labute approximate surface area is 196 Å². The highest BCUT2D eigenvalue weighted by Crippen LogP contribution is 2.34. The van der Waals surface area contributed by atoms with Crippen LogP contribution in [0.4, 0.5) is 22.7 Å². The zero-order valence-electron chi connectivity index (χ0n) is 17.0. The standard InChI is InChI=1S/C23H17BrN4O5/c24-15-8-10-16(11-9-15)25-21(29)13-20-22(30)26-18-6-1-2-7-19(18)27(20)23(31)14-4-3-5-17(12-14)28(32)33/h1-12,20H,13H2,(H,25,29)(H,26,30)/t20-/m1/s1. The Morgan fingerprint density at radius 2 is 1.79 bits per heavy atom. The molecule has 0 fully saturated rings. The molecule has 4 rings (SSSR count). The molecule has 1 aliphatic heterocycles. The molecule has 0 radical (unpaired) electrons. The summed E-state index contributed by atoms with van der Waals surface area (Å²) in [6.45, 7) is 0. The van der Waals surface area contributed by atoms with E-state index in [1.165, 1.54) is 23.1 Å². The second kappa shape index (κ2) is 9.21. The molecule has 3 aromatic carbocycles. The van der Waals surface area contributed by atoms with Gasteiger partial charge in [0.1, 0.15) is 6.04 Å². The van der Waals surface area contributed by atoms with Crippen molar-refractivity contribution in [3.8, 4) is 0 Å². The van der Waals surface area contributed by atoms with Gasteiger partial charge in [-0.1, -0.05) is 34.1 Å². The van der Waals surface area contributed by atoms with Gasteiger partial charge in [0.2, 0.25) is 11.8 Å². The molecule has 1 heterocycles. The summed E-state index contributed by atoms with van der Waals surface area (Å²) in [5, 5.41) is 16.6. The number of carbonyl (C=O) groups is 3. The minimum Gasteiger partial charge on any atom is -0.326 e. The van der Waals surface area contributed by atoms with Crippen molar-refractivity contribution in [2.75, 3.05) is 15.5 Å². The first-order valence-corrected chi connectivity index (χ1v) is 10.7. The first-order chi connectivity index (χ1) is 15.8. The summed E-state index contributed by atoms with van der Waals surface area (Å²) in [6.07, 6.45) is -0.309. The maximum atomic E-state index is 13.5. The van der Waals surface area contributed by atoms with Gasteiger partial charge >= 0.3 is 0 Å². The number of hydrogen-bond donors (Lipinski definition) is 2. The molecule has 9 nitrogen and oxygen atoms in total. The number of nitro benzene ring substituents is 1. The van der Waals surface area contributed by atoms with Gasteiger partial charge in [0.25, 0.3) is 11.6 Å². The summed E-state index contributed by atoms with van der Waals surface area (Å²) in [5.74, 6) is -1.62. The number of anilines is 3. The molecule has 0 aliphatic carbocycles. The van der Waals surface area contributed by atoms with Crippen LogP contribution in [0.2, 0.25) is 0 Å². The summed E-state index contributed by atoms with van der Waals surface area (Å²) in [6, 6.07) is 17.7. The van der Waals surface area contributed by atoms with Gasteiger partial charge in [-0.05, 0) is 42.5 Å². The molecule has 0 saturated carbocycles. The highest BCUT2D eigenvalue weighted by molar-refractivity contribution is 9.10. The molecule has 0 unspecified atom stereocenters. The number of halogens is 1. The lowest BCUT2D eigenvalue weighted by Crippen LogP contribution is -2.52. The van der Waals surface area contributed by atoms with Crippen molar-refractivity contribution in [3.63, 3.8) is 0 Å². The molecular formula is C23H17BrN4O5. The number of nitrogens with zero attached hydrogens (tertiary/aromatic N) is 2. The molecular weight excluding hydrogens is 492 g/mol. The normalized spacial score (nSPS) is 14.8. The number of nitro groups is 1. The fraction of sp³-hybridized carbons (Fsp3) is 0.0870. The second-order valence-corrected chi connectivity index (χ2v) is 8.18. The minimum absolute atomic E-state index is 0.0343. The van der Waals surface area contributed by atoms with Crippen LogP contribution in [0.3, 0.4) is 0 Å². The van der Waals surface area contributed by atoms with Gasteiger partial charge in [-0.3, -0.25) is 29.4 Å². The van der Waals surface area contributed by atoms with Crippen LogP contribution in [0.25, 0.3) is 0 Å². The first-order valence-electron chi connectivity index (χ1n) is 9.87. The zero-order valence-corrected chi connectivity index (χ0v) is 18.6. The van der Waals surface area contributed by atoms with Crippen LogP contribution in [0.5, 0.6) is 0 Å². The Morgan fingerprint density at radius 3 is 2.52 bits per heavy atom. The third-order valence-corrected chi connectivity index (χ3v) is 5.59. The van der Waals surface area contributed by atoms with E-state index < -0.39 is 28.7 Å². The smallest absolute Gasteiger partial charge is 0.270 e. The van der Waals surface area contributed by atoms with Crippen LogP contribution >= 0.6 is 15.9 Å². The topological polar surface area (TPSA) is 122 Å². The Bertz CT molecular complexity index is 1260. The number of rotatable bonds is 5. The number of carbonyl (C=O) groups excluding carboxylic acids is 3. The lowest BCUT2D eigenvalue weighted by Gasteiger charge is -2.36. The van der Waals surface area contributed by atoms with E-state index in [-0.39, 0.29) is 17.7 Å². The molecule has 33 heavy (non-hydrogen) atoms. The van der Waals surface area contributed by atoms with Crippen LogP contribution in [0, 0.1) is 10.1 Å². The maximum absolute atomic E-state index is 13.5. The number of para-hydroxylation sites is 2. The van der Waals surface area contributed by atoms with Gasteiger partial charge in [0.05, 0.1) is 22.7 Å². The molecule has 0 bridgehead atoms. The van der Waals surface area contributed by atoms with Crippen molar-refractivity contribution in [1.82, 2.24) is 0 Å². The molecule has 1 atom stereocenters. The highest BCUT2D eigenvalue weighted by Gasteiger charge is 2.38. The number of fused-ring (bicyclic) bond motifs is 1. The Balaban J connectivity index is 1.67. The molecule has 0 saturated heterocycles. The van der Waals surface area contributed by atoms with Crippen LogP contribution in [-0.2, 0) is 9.59 Å². The van der Waals surface area contributed by atoms with Crippen molar-refractivity contribution in [3.05, 3.63) is 92.9 Å². The fourth-order valence-electron chi connectivity index (χ4n) is 3.54. The van der Waals surface area contributed by atoms with Crippen LogP contribution in [0.15, 0.2) is 77.3 Å². The summed E-state index contributed by atoms with van der Waals surface area (Å²) >= 11 is 3.32. The predicted molar refractivity (Wildman–Crippen MR) is 126 cm³/mol. The van der Waals surface area contributed by atoms with Crippen molar-refractivity contribution >= 4 is 56.4 Å². The number of nitrogens with one attached hydrogen (secondary N) is 2. The zero-order chi connectivity index (χ0) is 23.5. The number of benzene rings is 3. The summed E-state index contributed by atoms with van der Waals surface area (Å²) in [4.78, 5) is 50.9. The monoisotopic (exact) mass is 508 g/mol. The van der Waals surface area contributed by atoms with E-state index >= 15 is 0 Å². The third-order valence-electron chi connectivity index (χ3n) is 5.07. The van der Waals surface area contributed by atoms with E-state index in [9.17, 15) is 24.5 Å². The van der Waals surface area contributed by atoms with Crippen molar-refractivity contribution in [2.24, 2.45) is 0 Å². The molecule has 0 aromatic heterocycles. The Kier molecular flexibility index (Phi) is 6.18. The molecule has 0 spiro atoms. The lowest BCUT2D eigenvalue weighted by molar-refractivity contribution is -0.384. The average molecular weight is 509 g/mol. The minimum atomic E-state index is -1.15. The van der Waals surface area contributed by atoms with E-state index in [0.717, 1.165) is 10.5 Å². The van der Waals surface area contributed by atoms with E-state index in [4.69, 9.17) is 0 Å².